The quantitative estimate of drug-likeness (QED) is 0.667. The number of carbonyl (C=O) groups is 1. The maximum absolute atomic E-state index is 13.0. The second-order valence-corrected chi connectivity index (χ2v) is 4.96. The van der Waals surface area contributed by atoms with Gasteiger partial charge in [-0.05, 0) is 24.6 Å². The Labute approximate surface area is 130 Å². The van der Waals surface area contributed by atoms with Crippen molar-refractivity contribution in [2.75, 3.05) is 19.8 Å². The number of amides is 2. The van der Waals surface area contributed by atoms with Crippen molar-refractivity contribution in [2.24, 2.45) is 0 Å². The zero-order valence-electron chi connectivity index (χ0n) is 12.4. The summed E-state index contributed by atoms with van der Waals surface area (Å²) in [5, 5.41) is 14.5. The highest BCUT2D eigenvalue weighted by Gasteiger charge is 2.27. The van der Waals surface area contributed by atoms with Crippen molar-refractivity contribution in [3.8, 4) is 0 Å². The average Bonchev–Trinajstić information content (AvgIpc) is 2.43. The van der Waals surface area contributed by atoms with Crippen molar-refractivity contribution in [3.63, 3.8) is 0 Å². The Balaban J connectivity index is 2.28. The fourth-order valence-corrected chi connectivity index (χ4v) is 1.69. The van der Waals surface area contributed by atoms with Crippen LogP contribution in [0.25, 0.3) is 0 Å². The van der Waals surface area contributed by atoms with Crippen LogP contribution in [0.3, 0.4) is 0 Å². The van der Waals surface area contributed by atoms with E-state index in [9.17, 15) is 27.5 Å². The van der Waals surface area contributed by atoms with Crippen LogP contribution in [0.4, 0.5) is 22.4 Å². The number of carbonyl (C=O) groups excluding carboxylic acids is 1. The van der Waals surface area contributed by atoms with Gasteiger partial charge in [0.05, 0.1) is 18.8 Å². The van der Waals surface area contributed by atoms with E-state index in [4.69, 9.17) is 0 Å². The Kier molecular flexibility index (Phi) is 7.24. The smallest absolute Gasteiger partial charge is 0.387 e. The second-order valence-electron chi connectivity index (χ2n) is 4.96. The number of benzene rings is 1. The van der Waals surface area contributed by atoms with Gasteiger partial charge < -0.3 is 20.5 Å². The molecule has 23 heavy (non-hydrogen) atoms. The van der Waals surface area contributed by atoms with Crippen LogP contribution in [0.5, 0.6) is 0 Å². The molecular formula is C14H18F4N2O3. The minimum atomic E-state index is -4.42. The van der Waals surface area contributed by atoms with E-state index in [-0.39, 0.29) is 13.2 Å². The fraction of sp³-hybridized carbons (Fsp3) is 0.500. The fourth-order valence-electron chi connectivity index (χ4n) is 1.69. The van der Waals surface area contributed by atoms with E-state index in [1.165, 1.54) is 25.1 Å². The molecule has 0 aliphatic carbocycles. The zero-order valence-corrected chi connectivity index (χ0v) is 12.4. The van der Waals surface area contributed by atoms with Crippen LogP contribution in [0.15, 0.2) is 24.3 Å². The van der Waals surface area contributed by atoms with Crippen molar-refractivity contribution in [1.29, 1.82) is 0 Å². The highest BCUT2D eigenvalue weighted by atomic mass is 19.4. The molecule has 0 saturated heterocycles. The first-order valence-corrected chi connectivity index (χ1v) is 6.80. The van der Waals surface area contributed by atoms with E-state index in [2.05, 4.69) is 15.4 Å². The summed E-state index contributed by atoms with van der Waals surface area (Å²) in [5.74, 6) is -0.513. The predicted octanol–water partition coefficient (Wildman–Crippen LogP) is 2.13. The molecule has 9 heteroatoms. The lowest BCUT2D eigenvalue weighted by Gasteiger charge is -2.17. The highest BCUT2D eigenvalue weighted by Crippen LogP contribution is 2.14. The molecule has 0 aromatic heterocycles. The summed E-state index contributed by atoms with van der Waals surface area (Å²) in [6, 6.07) is 3.96. The van der Waals surface area contributed by atoms with Gasteiger partial charge in [-0.1, -0.05) is 12.1 Å². The van der Waals surface area contributed by atoms with Gasteiger partial charge in [0, 0.05) is 6.54 Å². The van der Waals surface area contributed by atoms with Gasteiger partial charge in [0.1, 0.15) is 12.4 Å². The molecule has 2 atom stereocenters. The number of hydrogen-bond acceptors (Lipinski definition) is 3. The Bertz CT molecular complexity index is 511. The third-order valence-corrected chi connectivity index (χ3v) is 2.70. The van der Waals surface area contributed by atoms with Crippen molar-refractivity contribution >= 4 is 6.03 Å². The van der Waals surface area contributed by atoms with E-state index in [1.807, 2.05) is 0 Å². The number of rotatable bonds is 7. The number of aliphatic hydroxyl groups excluding tert-OH is 1. The summed E-state index contributed by atoms with van der Waals surface area (Å²) in [4.78, 5) is 11.5. The summed E-state index contributed by atoms with van der Waals surface area (Å²) in [5.41, 5.74) is 0.298. The Morgan fingerprint density at radius 1 is 1.39 bits per heavy atom. The maximum Gasteiger partial charge on any atom is 0.411 e. The summed E-state index contributed by atoms with van der Waals surface area (Å²) in [7, 11) is 0. The molecule has 0 bridgehead atoms. The van der Waals surface area contributed by atoms with Gasteiger partial charge in [-0.15, -0.1) is 0 Å². The topological polar surface area (TPSA) is 70.6 Å². The molecule has 0 radical (unpaired) electrons. The lowest BCUT2D eigenvalue weighted by atomic mass is 10.1. The highest BCUT2D eigenvalue weighted by molar-refractivity contribution is 5.74. The van der Waals surface area contributed by atoms with Crippen molar-refractivity contribution in [2.45, 2.75) is 25.2 Å². The molecule has 0 aliphatic heterocycles. The Morgan fingerprint density at radius 3 is 2.70 bits per heavy atom. The molecule has 5 nitrogen and oxygen atoms in total. The molecule has 0 spiro atoms. The average molecular weight is 338 g/mol. The summed E-state index contributed by atoms with van der Waals surface area (Å²) >= 11 is 0. The number of nitrogens with one attached hydrogen (secondary N) is 2. The molecule has 0 aliphatic rings. The molecule has 0 fully saturated rings. The van der Waals surface area contributed by atoms with Gasteiger partial charge in [-0.3, -0.25) is 0 Å². The third kappa shape index (κ3) is 8.36. The van der Waals surface area contributed by atoms with E-state index >= 15 is 0 Å². The zero-order chi connectivity index (χ0) is 17.5. The van der Waals surface area contributed by atoms with Crippen LogP contribution in [-0.4, -0.2) is 43.1 Å². The molecular weight excluding hydrogens is 320 g/mol. The Hall–Kier alpha value is -1.87. The van der Waals surface area contributed by atoms with Crippen LogP contribution >= 0.6 is 0 Å². The van der Waals surface area contributed by atoms with E-state index < -0.39 is 36.8 Å². The molecule has 3 N–H and O–H groups in total. The first kappa shape index (κ1) is 19.2. The summed E-state index contributed by atoms with van der Waals surface area (Å²) in [6.45, 7) is -0.400. The normalized spacial score (nSPS) is 14.2. The van der Waals surface area contributed by atoms with Gasteiger partial charge >= 0.3 is 12.2 Å². The number of urea groups is 1. The molecule has 0 saturated carbocycles. The largest absolute Gasteiger partial charge is 0.411 e. The number of alkyl halides is 3. The van der Waals surface area contributed by atoms with Gasteiger partial charge in [-0.25, -0.2) is 9.18 Å². The van der Waals surface area contributed by atoms with Crippen molar-refractivity contribution < 1.29 is 32.2 Å². The van der Waals surface area contributed by atoms with Crippen molar-refractivity contribution in [1.82, 2.24) is 10.6 Å². The van der Waals surface area contributed by atoms with Crippen molar-refractivity contribution in [3.05, 3.63) is 35.6 Å². The molecule has 2 amide bonds. The lowest BCUT2D eigenvalue weighted by Crippen LogP contribution is -2.44. The lowest BCUT2D eigenvalue weighted by molar-refractivity contribution is -0.174. The van der Waals surface area contributed by atoms with Crippen LogP contribution in [0, 0.1) is 5.82 Å². The third-order valence-electron chi connectivity index (χ3n) is 2.70. The predicted molar refractivity (Wildman–Crippen MR) is 74.2 cm³/mol. The molecule has 0 heterocycles. The van der Waals surface area contributed by atoms with Gasteiger partial charge in [0.2, 0.25) is 0 Å². The molecule has 0 unspecified atom stereocenters. The van der Waals surface area contributed by atoms with Crippen LogP contribution in [-0.2, 0) is 4.74 Å². The van der Waals surface area contributed by atoms with Gasteiger partial charge in [0.25, 0.3) is 0 Å². The number of ether oxygens (including phenoxy) is 1. The number of aliphatic hydroxyl groups is 1. The minimum absolute atomic E-state index is 0.175. The second kappa shape index (κ2) is 8.68. The van der Waals surface area contributed by atoms with Gasteiger partial charge in [-0.2, -0.15) is 13.2 Å². The monoisotopic (exact) mass is 338 g/mol. The van der Waals surface area contributed by atoms with E-state index in [0.717, 1.165) is 6.07 Å². The van der Waals surface area contributed by atoms with Gasteiger partial charge in [0.15, 0.2) is 0 Å². The first-order chi connectivity index (χ1) is 10.7. The number of hydrogen-bond donors (Lipinski definition) is 3. The molecule has 1 aromatic rings. The standard InChI is InChI=1S/C14H18F4N2O3/c1-9(7-23-8-14(16,17)18)20-13(22)19-6-12(21)10-3-2-4-11(15)5-10/h2-5,9,12,21H,6-8H2,1H3,(H2,19,20,22)/t9-,12-/m0/s1. The van der Waals surface area contributed by atoms with Crippen LogP contribution in [0.1, 0.15) is 18.6 Å². The molecule has 1 aromatic carbocycles. The summed E-state index contributed by atoms with van der Waals surface area (Å²) in [6.07, 6.45) is -5.52. The maximum atomic E-state index is 13.0. The van der Waals surface area contributed by atoms with E-state index in [1.54, 1.807) is 0 Å². The minimum Gasteiger partial charge on any atom is -0.387 e. The Morgan fingerprint density at radius 2 is 2.09 bits per heavy atom. The molecule has 130 valence electrons. The summed E-state index contributed by atoms with van der Waals surface area (Å²) < 4.78 is 53.1. The SMILES string of the molecule is C[C@@H](COCC(F)(F)F)NC(=O)NC[C@H](O)c1cccc(F)c1. The first-order valence-electron chi connectivity index (χ1n) is 6.80. The van der Waals surface area contributed by atoms with Crippen LogP contribution in [0.2, 0.25) is 0 Å². The number of halogens is 4. The van der Waals surface area contributed by atoms with E-state index in [0.29, 0.717) is 5.56 Å². The van der Waals surface area contributed by atoms with Crippen LogP contribution < -0.4 is 10.6 Å². The molecule has 1 rings (SSSR count).